The normalized spacial score (nSPS) is 15.2. The molecule has 1 fully saturated rings. The molecule has 7 nitrogen and oxygen atoms in total. The van der Waals surface area contributed by atoms with Crippen molar-refractivity contribution in [2.75, 3.05) is 26.2 Å². The number of phenols is 1. The number of rotatable bonds is 4. The largest absolute Gasteiger partial charge is 0.508 e. The van der Waals surface area contributed by atoms with Gasteiger partial charge in [0.05, 0.1) is 6.26 Å². The van der Waals surface area contributed by atoms with Gasteiger partial charge in [0, 0.05) is 50.2 Å². The van der Waals surface area contributed by atoms with Crippen LogP contribution in [0.15, 0.2) is 50.2 Å². The van der Waals surface area contributed by atoms with Gasteiger partial charge < -0.3 is 18.8 Å². The zero-order valence-corrected chi connectivity index (χ0v) is 15.7. The van der Waals surface area contributed by atoms with Gasteiger partial charge in [-0.2, -0.15) is 0 Å². The monoisotopic (exact) mass is 382 g/mol. The van der Waals surface area contributed by atoms with Crippen molar-refractivity contribution in [2.45, 2.75) is 19.9 Å². The summed E-state index contributed by atoms with van der Waals surface area (Å²) in [6, 6.07) is 8.29. The van der Waals surface area contributed by atoms with Crippen LogP contribution in [0.5, 0.6) is 5.75 Å². The Morgan fingerprint density at radius 3 is 2.61 bits per heavy atom. The summed E-state index contributed by atoms with van der Waals surface area (Å²) in [6.45, 7) is 5.15. The first-order chi connectivity index (χ1) is 13.5. The van der Waals surface area contributed by atoms with Crippen molar-refractivity contribution in [3.05, 3.63) is 63.9 Å². The lowest BCUT2D eigenvalue weighted by molar-refractivity contribution is 0.0598. The minimum absolute atomic E-state index is 0.0986. The highest BCUT2D eigenvalue weighted by atomic mass is 16.4. The Balaban J connectivity index is 1.51. The van der Waals surface area contributed by atoms with Crippen molar-refractivity contribution >= 4 is 16.9 Å². The second kappa shape index (κ2) is 7.52. The average molecular weight is 382 g/mol. The minimum Gasteiger partial charge on any atom is -0.508 e. The van der Waals surface area contributed by atoms with Gasteiger partial charge in [0.2, 0.25) is 0 Å². The summed E-state index contributed by atoms with van der Waals surface area (Å²) in [5.74, 6) is 0.394. The molecule has 1 N–H and O–H groups in total. The van der Waals surface area contributed by atoms with Crippen LogP contribution in [0.25, 0.3) is 11.0 Å². The maximum Gasteiger partial charge on any atom is 0.336 e. The number of piperazine rings is 1. The second-order valence-electron chi connectivity index (χ2n) is 6.97. The molecule has 4 rings (SSSR count). The molecule has 1 aromatic carbocycles. The molecule has 0 atom stereocenters. The van der Waals surface area contributed by atoms with Crippen LogP contribution in [0.4, 0.5) is 0 Å². The van der Waals surface area contributed by atoms with Crippen molar-refractivity contribution in [1.82, 2.24) is 9.80 Å². The van der Waals surface area contributed by atoms with E-state index in [1.807, 2.05) is 13.0 Å². The molecule has 1 amide bonds. The Labute approximate surface area is 161 Å². The average Bonchev–Trinajstić information content (AvgIpc) is 3.22. The number of aromatic hydroxyl groups is 1. The smallest absolute Gasteiger partial charge is 0.336 e. The van der Waals surface area contributed by atoms with E-state index in [1.54, 1.807) is 17.0 Å². The molecule has 0 aliphatic carbocycles. The van der Waals surface area contributed by atoms with Crippen molar-refractivity contribution in [3.8, 4) is 5.75 Å². The zero-order chi connectivity index (χ0) is 19.7. The maximum absolute atomic E-state index is 12.4. The van der Waals surface area contributed by atoms with E-state index < -0.39 is 5.63 Å². The standard InChI is InChI=1S/C21H22N2O5/c1-2-14-10-16-15(11-20(25)28-19(16)12-17(14)24)13-22-5-7-23(8-6-22)21(26)18-4-3-9-27-18/h3-4,9-12,24H,2,5-8,13H2,1H3. The molecular weight excluding hydrogens is 360 g/mol. The van der Waals surface area contributed by atoms with Crippen LogP contribution in [0, 0.1) is 0 Å². The number of aryl methyl sites for hydroxylation is 1. The van der Waals surface area contributed by atoms with E-state index in [4.69, 9.17) is 8.83 Å². The summed E-state index contributed by atoms with van der Waals surface area (Å²) >= 11 is 0. The number of phenolic OH excluding ortho intramolecular Hbond substituents is 1. The number of fused-ring (bicyclic) bond motifs is 1. The Morgan fingerprint density at radius 1 is 1.14 bits per heavy atom. The third-order valence-electron chi connectivity index (χ3n) is 5.20. The van der Waals surface area contributed by atoms with E-state index in [-0.39, 0.29) is 11.7 Å². The fraction of sp³-hybridized carbons (Fsp3) is 0.333. The van der Waals surface area contributed by atoms with Crippen LogP contribution in [0.1, 0.15) is 28.6 Å². The molecule has 0 unspecified atom stereocenters. The Hall–Kier alpha value is -3.06. The Morgan fingerprint density at radius 2 is 1.93 bits per heavy atom. The summed E-state index contributed by atoms with van der Waals surface area (Å²) in [5.41, 5.74) is 1.64. The maximum atomic E-state index is 12.4. The first-order valence-electron chi connectivity index (χ1n) is 9.39. The van der Waals surface area contributed by atoms with Crippen molar-refractivity contribution in [3.63, 3.8) is 0 Å². The third-order valence-corrected chi connectivity index (χ3v) is 5.20. The van der Waals surface area contributed by atoms with Crippen LogP contribution in [-0.4, -0.2) is 47.0 Å². The van der Waals surface area contributed by atoms with E-state index >= 15 is 0 Å². The SMILES string of the molecule is CCc1cc2c(CN3CCN(C(=O)c4ccco4)CC3)cc(=O)oc2cc1O. The summed E-state index contributed by atoms with van der Waals surface area (Å²) in [6.07, 6.45) is 2.19. The van der Waals surface area contributed by atoms with Crippen LogP contribution >= 0.6 is 0 Å². The first-order valence-corrected chi connectivity index (χ1v) is 9.39. The number of hydrogen-bond acceptors (Lipinski definition) is 6. The fourth-order valence-corrected chi connectivity index (χ4v) is 3.63. The highest BCUT2D eigenvalue weighted by Crippen LogP contribution is 2.27. The summed E-state index contributed by atoms with van der Waals surface area (Å²) in [4.78, 5) is 28.3. The number of amides is 1. The predicted octanol–water partition coefficient (Wildman–Crippen LogP) is 2.61. The molecular formula is C21H22N2O5. The number of benzene rings is 1. The minimum atomic E-state index is -0.433. The number of furan rings is 1. The molecule has 2 aromatic heterocycles. The Kier molecular flexibility index (Phi) is 4.92. The molecule has 1 aliphatic heterocycles. The molecule has 7 heteroatoms. The van der Waals surface area contributed by atoms with Gasteiger partial charge in [-0.15, -0.1) is 0 Å². The van der Waals surface area contributed by atoms with Gasteiger partial charge in [0.15, 0.2) is 5.76 Å². The van der Waals surface area contributed by atoms with Gasteiger partial charge in [-0.25, -0.2) is 4.79 Å². The lowest BCUT2D eigenvalue weighted by Crippen LogP contribution is -2.48. The molecule has 0 bridgehead atoms. The van der Waals surface area contributed by atoms with Gasteiger partial charge in [0.1, 0.15) is 11.3 Å². The fourth-order valence-electron chi connectivity index (χ4n) is 3.63. The molecule has 3 heterocycles. The highest BCUT2D eigenvalue weighted by molar-refractivity contribution is 5.91. The summed E-state index contributed by atoms with van der Waals surface area (Å²) in [5, 5.41) is 10.9. The molecule has 0 saturated carbocycles. The Bertz CT molecular complexity index is 1050. The predicted molar refractivity (Wildman–Crippen MR) is 103 cm³/mol. The molecule has 1 aliphatic rings. The van der Waals surface area contributed by atoms with Gasteiger partial charge in [0.25, 0.3) is 5.91 Å². The number of hydrogen-bond donors (Lipinski definition) is 1. The van der Waals surface area contributed by atoms with Gasteiger partial charge >= 0.3 is 5.63 Å². The highest BCUT2D eigenvalue weighted by Gasteiger charge is 2.24. The third kappa shape index (κ3) is 3.53. The van der Waals surface area contributed by atoms with E-state index in [2.05, 4.69) is 4.90 Å². The van der Waals surface area contributed by atoms with Crippen LogP contribution in [-0.2, 0) is 13.0 Å². The molecule has 1 saturated heterocycles. The van der Waals surface area contributed by atoms with E-state index in [1.165, 1.54) is 18.4 Å². The zero-order valence-electron chi connectivity index (χ0n) is 15.7. The molecule has 3 aromatic rings. The van der Waals surface area contributed by atoms with E-state index in [0.717, 1.165) is 16.5 Å². The molecule has 0 spiro atoms. The van der Waals surface area contributed by atoms with Crippen LogP contribution in [0.3, 0.4) is 0 Å². The molecule has 146 valence electrons. The topological polar surface area (TPSA) is 87.1 Å². The summed E-state index contributed by atoms with van der Waals surface area (Å²) in [7, 11) is 0. The van der Waals surface area contributed by atoms with E-state index in [0.29, 0.717) is 50.5 Å². The van der Waals surface area contributed by atoms with Crippen LogP contribution in [0.2, 0.25) is 0 Å². The van der Waals surface area contributed by atoms with Crippen molar-refractivity contribution in [1.29, 1.82) is 0 Å². The second-order valence-corrected chi connectivity index (χ2v) is 6.97. The van der Waals surface area contributed by atoms with Gasteiger partial charge in [-0.3, -0.25) is 9.69 Å². The number of carbonyl (C=O) groups excluding carboxylic acids is 1. The lowest BCUT2D eigenvalue weighted by atomic mass is 10.0. The lowest BCUT2D eigenvalue weighted by Gasteiger charge is -2.34. The number of nitrogens with zero attached hydrogens (tertiary/aromatic N) is 2. The number of carbonyl (C=O) groups is 1. The molecule has 28 heavy (non-hydrogen) atoms. The van der Waals surface area contributed by atoms with Gasteiger partial charge in [-0.05, 0) is 35.7 Å². The van der Waals surface area contributed by atoms with Crippen molar-refractivity contribution in [2.24, 2.45) is 0 Å². The molecule has 0 radical (unpaired) electrons. The van der Waals surface area contributed by atoms with Crippen molar-refractivity contribution < 1.29 is 18.7 Å². The quantitative estimate of drug-likeness (QED) is 0.698. The van der Waals surface area contributed by atoms with E-state index in [9.17, 15) is 14.7 Å². The summed E-state index contributed by atoms with van der Waals surface area (Å²) < 4.78 is 10.5. The van der Waals surface area contributed by atoms with Crippen LogP contribution < -0.4 is 5.63 Å². The van der Waals surface area contributed by atoms with Gasteiger partial charge in [-0.1, -0.05) is 6.92 Å². The first kappa shape index (κ1) is 18.3.